The van der Waals surface area contributed by atoms with Crippen LogP contribution in [0.25, 0.3) is 0 Å². The molecule has 0 aliphatic carbocycles. The fourth-order valence-corrected chi connectivity index (χ4v) is 1.75. The quantitative estimate of drug-likeness (QED) is 0.690. The van der Waals surface area contributed by atoms with Crippen LogP contribution in [0.3, 0.4) is 0 Å². The number of aliphatic hydroxyl groups is 1. The van der Waals surface area contributed by atoms with E-state index in [9.17, 15) is 5.11 Å². The summed E-state index contributed by atoms with van der Waals surface area (Å²) in [6, 6.07) is 8.06. The summed E-state index contributed by atoms with van der Waals surface area (Å²) >= 11 is 0. The maximum atomic E-state index is 9.51. The fourth-order valence-electron chi connectivity index (χ4n) is 1.75. The van der Waals surface area contributed by atoms with Gasteiger partial charge >= 0.3 is 0 Å². The third-order valence-electron chi connectivity index (χ3n) is 2.96. The van der Waals surface area contributed by atoms with Crippen LogP contribution in [0.4, 0.5) is 0 Å². The lowest BCUT2D eigenvalue weighted by molar-refractivity contribution is 0.0644. The molecule has 0 aromatic heterocycles. The molecule has 4 nitrogen and oxygen atoms in total. The van der Waals surface area contributed by atoms with Crippen molar-refractivity contribution in [3.63, 3.8) is 0 Å². The van der Waals surface area contributed by atoms with Gasteiger partial charge in [-0.1, -0.05) is 26.0 Å². The van der Waals surface area contributed by atoms with Crippen LogP contribution in [-0.4, -0.2) is 38.1 Å². The molecule has 0 amide bonds. The van der Waals surface area contributed by atoms with Crippen molar-refractivity contribution in [3.8, 4) is 5.75 Å². The molecule has 0 spiro atoms. The van der Waals surface area contributed by atoms with E-state index in [1.54, 1.807) is 7.11 Å². The zero-order valence-electron chi connectivity index (χ0n) is 12.8. The molecule has 0 saturated heterocycles. The Morgan fingerprint density at radius 1 is 1.20 bits per heavy atom. The van der Waals surface area contributed by atoms with Crippen molar-refractivity contribution in [2.24, 2.45) is 5.92 Å². The molecular weight excluding hydrogens is 254 g/mol. The Hall–Kier alpha value is -1.10. The van der Waals surface area contributed by atoms with Crippen molar-refractivity contribution < 1.29 is 14.6 Å². The van der Waals surface area contributed by atoms with Crippen molar-refractivity contribution in [2.45, 2.75) is 32.9 Å². The predicted octanol–water partition coefficient (Wildman–Crippen LogP) is 2.21. The maximum Gasteiger partial charge on any atom is 0.119 e. The first-order valence-electron chi connectivity index (χ1n) is 7.21. The van der Waals surface area contributed by atoms with Crippen molar-refractivity contribution in [1.82, 2.24) is 5.32 Å². The number of hydrogen-bond donors (Lipinski definition) is 2. The first-order valence-corrected chi connectivity index (χ1v) is 7.21. The largest absolute Gasteiger partial charge is 0.494 e. The molecule has 0 bridgehead atoms. The van der Waals surface area contributed by atoms with E-state index in [2.05, 4.69) is 19.2 Å². The fraction of sp³-hybridized carbons (Fsp3) is 0.625. The van der Waals surface area contributed by atoms with Crippen molar-refractivity contribution in [2.75, 3.05) is 26.9 Å². The molecule has 2 N–H and O–H groups in total. The lowest BCUT2D eigenvalue weighted by Gasteiger charge is -2.11. The molecule has 1 aromatic carbocycles. The lowest BCUT2D eigenvalue weighted by atomic mass is 10.1. The van der Waals surface area contributed by atoms with Crippen molar-refractivity contribution in [1.29, 1.82) is 0 Å². The van der Waals surface area contributed by atoms with Gasteiger partial charge in [0.1, 0.15) is 5.75 Å². The summed E-state index contributed by atoms with van der Waals surface area (Å²) in [6.45, 7) is 6.76. The summed E-state index contributed by atoms with van der Waals surface area (Å²) in [4.78, 5) is 0. The zero-order chi connectivity index (χ0) is 14.8. The van der Waals surface area contributed by atoms with E-state index in [0.29, 0.717) is 19.1 Å². The summed E-state index contributed by atoms with van der Waals surface area (Å²) in [7, 11) is 1.58. The normalized spacial score (nSPS) is 12.7. The van der Waals surface area contributed by atoms with Crippen LogP contribution in [0.1, 0.15) is 25.8 Å². The number of benzene rings is 1. The average Bonchev–Trinajstić information content (AvgIpc) is 2.40. The number of rotatable bonds is 10. The zero-order valence-corrected chi connectivity index (χ0v) is 12.8. The van der Waals surface area contributed by atoms with Gasteiger partial charge in [0.05, 0.1) is 19.3 Å². The third-order valence-corrected chi connectivity index (χ3v) is 2.96. The number of aliphatic hydroxyl groups excluding tert-OH is 1. The van der Waals surface area contributed by atoms with E-state index < -0.39 is 6.10 Å². The van der Waals surface area contributed by atoms with Gasteiger partial charge in [-0.25, -0.2) is 0 Å². The van der Waals surface area contributed by atoms with E-state index in [1.165, 1.54) is 5.56 Å². The highest BCUT2D eigenvalue weighted by atomic mass is 16.5. The Morgan fingerprint density at radius 2 is 1.90 bits per heavy atom. The van der Waals surface area contributed by atoms with Gasteiger partial charge in [0.15, 0.2) is 0 Å². The first kappa shape index (κ1) is 17.0. The Kier molecular flexibility index (Phi) is 8.26. The van der Waals surface area contributed by atoms with Crippen LogP contribution in [-0.2, 0) is 11.3 Å². The highest BCUT2D eigenvalue weighted by Gasteiger charge is 2.02. The predicted molar refractivity (Wildman–Crippen MR) is 81.0 cm³/mol. The molecule has 0 aliphatic heterocycles. The molecular formula is C16H27NO3. The Morgan fingerprint density at radius 3 is 2.50 bits per heavy atom. The smallest absolute Gasteiger partial charge is 0.119 e. The van der Waals surface area contributed by atoms with Crippen LogP contribution in [0.15, 0.2) is 24.3 Å². The van der Waals surface area contributed by atoms with Crippen LogP contribution >= 0.6 is 0 Å². The van der Waals surface area contributed by atoms with E-state index in [0.717, 1.165) is 25.3 Å². The lowest BCUT2D eigenvalue weighted by Crippen LogP contribution is -2.29. The minimum atomic E-state index is -0.460. The Bertz CT molecular complexity index is 351. The number of ether oxygens (including phenoxy) is 2. The number of hydrogen-bond acceptors (Lipinski definition) is 4. The topological polar surface area (TPSA) is 50.7 Å². The van der Waals surface area contributed by atoms with Crippen molar-refractivity contribution in [3.05, 3.63) is 29.8 Å². The van der Waals surface area contributed by atoms with Gasteiger partial charge in [-0.05, 0) is 30.0 Å². The first-order chi connectivity index (χ1) is 9.61. The van der Waals surface area contributed by atoms with Gasteiger partial charge in [-0.2, -0.15) is 0 Å². The minimum absolute atomic E-state index is 0.357. The molecule has 1 unspecified atom stereocenters. The van der Waals surface area contributed by atoms with Crippen molar-refractivity contribution >= 4 is 0 Å². The monoisotopic (exact) mass is 281 g/mol. The second kappa shape index (κ2) is 9.75. The van der Waals surface area contributed by atoms with Crippen LogP contribution in [0.5, 0.6) is 5.75 Å². The minimum Gasteiger partial charge on any atom is -0.494 e. The summed E-state index contributed by atoms with van der Waals surface area (Å²) in [5.74, 6) is 1.57. The van der Waals surface area contributed by atoms with E-state index in [4.69, 9.17) is 9.47 Å². The molecule has 114 valence electrons. The summed E-state index contributed by atoms with van der Waals surface area (Å²) in [6.07, 6.45) is 0.611. The number of methoxy groups -OCH3 is 1. The molecule has 0 heterocycles. The summed E-state index contributed by atoms with van der Waals surface area (Å²) < 4.78 is 10.5. The Balaban J connectivity index is 2.24. The van der Waals surface area contributed by atoms with Crippen LogP contribution < -0.4 is 10.1 Å². The molecule has 1 atom stereocenters. The second-order valence-corrected chi connectivity index (χ2v) is 5.42. The van der Waals surface area contributed by atoms with Gasteiger partial charge < -0.3 is 19.9 Å². The van der Waals surface area contributed by atoms with Crippen LogP contribution in [0, 0.1) is 5.92 Å². The summed E-state index contributed by atoms with van der Waals surface area (Å²) in [5, 5.41) is 12.7. The van der Waals surface area contributed by atoms with Gasteiger partial charge in [0.2, 0.25) is 0 Å². The maximum absolute atomic E-state index is 9.51. The summed E-state index contributed by atoms with van der Waals surface area (Å²) in [5.41, 5.74) is 1.17. The average molecular weight is 281 g/mol. The molecule has 1 aromatic rings. The molecule has 0 radical (unpaired) electrons. The molecule has 4 heteroatoms. The van der Waals surface area contributed by atoms with E-state index >= 15 is 0 Å². The van der Waals surface area contributed by atoms with E-state index in [-0.39, 0.29) is 0 Å². The SMILES string of the molecule is COCC(O)CNCc1ccc(OCCC(C)C)cc1. The van der Waals surface area contributed by atoms with Crippen LogP contribution in [0.2, 0.25) is 0 Å². The molecule has 20 heavy (non-hydrogen) atoms. The highest BCUT2D eigenvalue weighted by molar-refractivity contribution is 5.27. The van der Waals surface area contributed by atoms with Gasteiger partial charge in [0.25, 0.3) is 0 Å². The van der Waals surface area contributed by atoms with Gasteiger partial charge in [-0.15, -0.1) is 0 Å². The number of nitrogens with one attached hydrogen (secondary N) is 1. The molecule has 1 rings (SSSR count). The molecule has 0 saturated carbocycles. The Labute approximate surface area is 122 Å². The standard InChI is InChI=1S/C16H27NO3/c1-13(2)8-9-20-16-6-4-14(5-7-16)10-17-11-15(18)12-19-3/h4-7,13,15,17-18H,8-12H2,1-3H3. The highest BCUT2D eigenvalue weighted by Crippen LogP contribution is 2.13. The van der Waals surface area contributed by atoms with E-state index in [1.807, 2.05) is 24.3 Å². The second-order valence-electron chi connectivity index (χ2n) is 5.42. The molecule has 0 aliphatic rings. The third kappa shape index (κ3) is 7.48. The van der Waals surface area contributed by atoms with Gasteiger partial charge in [0, 0.05) is 20.2 Å². The van der Waals surface area contributed by atoms with Gasteiger partial charge in [-0.3, -0.25) is 0 Å². The molecule has 0 fully saturated rings.